The predicted molar refractivity (Wildman–Crippen MR) is 500 cm³/mol. The fraction of sp³-hybridized carbons (Fsp3) is 0.752. The first kappa shape index (κ1) is 115. The van der Waals surface area contributed by atoms with Gasteiger partial charge in [0.15, 0.2) is 6.10 Å². The van der Waals surface area contributed by atoms with Gasteiger partial charge >= 0.3 is 33.6 Å². The van der Waals surface area contributed by atoms with E-state index in [0.29, 0.717) is 19.3 Å². The molecule has 4 N–H and O–H groups in total. The Balaban J connectivity index is 4.40. The van der Waals surface area contributed by atoms with Gasteiger partial charge in [-0.15, -0.1) is 0 Å². The Morgan fingerprint density at radius 2 is 0.445 bits per heavy atom. The molecule has 688 valence electrons. The van der Waals surface area contributed by atoms with Gasteiger partial charge in [-0.25, -0.2) is 9.13 Å². The van der Waals surface area contributed by atoms with E-state index >= 15 is 0 Å². The number of phosphoric acid groups is 2. The standard InChI is InChI=1S/C101H178O16P2/c1-4-7-10-13-16-19-22-25-28-30-32-34-36-38-40-42-44-46-47-49-51-52-54-56-58-60-62-64-67-69-72-75-78-81-84-87-99(104)111-90-96(102)91-113-118(107,108)114-92-97(103)93-115-119(109,110)116-95-98(117-101(106)89-86-83-80-77-74-71-66-27-24-21-18-15-12-9-6-3)94-112-100(105)88-85-82-79-76-73-70-68-65-63-61-59-57-55-53-50-48-45-43-41-39-37-35-33-31-29-26-23-20-17-14-11-8-5-2/h9,12,16-21,25-29,32-35,38-41,66,96-98,102-103H,4-8,10-11,13-15,22-24,30-31,36-37,42-65,67-95H2,1-3H3,(H,107,108)(H,109,110)/b12-9-,19-16-,20-17-,21-18-,28-25-,29-26-,34-32-,35-33-,40-38-,41-39-,66-27-. The molecule has 0 radical (unpaired) electrons. The van der Waals surface area contributed by atoms with Crippen LogP contribution >= 0.6 is 15.6 Å². The van der Waals surface area contributed by atoms with Crippen LogP contribution in [0.2, 0.25) is 0 Å². The number of aliphatic hydroxyl groups is 2. The fourth-order valence-corrected chi connectivity index (χ4v) is 15.1. The summed E-state index contributed by atoms with van der Waals surface area (Å²) in [6.07, 6.45) is 117. The molecule has 0 aliphatic heterocycles. The molecule has 5 unspecified atom stereocenters. The Labute approximate surface area is 728 Å². The largest absolute Gasteiger partial charge is 0.472 e. The molecule has 0 spiro atoms. The van der Waals surface area contributed by atoms with E-state index in [1.54, 1.807) is 0 Å². The number of carbonyl (C=O) groups excluding carboxylic acids is 3. The van der Waals surface area contributed by atoms with Gasteiger partial charge in [0.2, 0.25) is 0 Å². The van der Waals surface area contributed by atoms with Crippen LogP contribution in [0.3, 0.4) is 0 Å². The molecule has 0 rings (SSSR count). The van der Waals surface area contributed by atoms with Gasteiger partial charge in [-0.1, -0.05) is 405 Å². The van der Waals surface area contributed by atoms with Gasteiger partial charge in [-0.3, -0.25) is 32.5 Å². The summed E-state index contributed by atoms with van der Waals surface area (Å²) in [5.41, 5.74) is 0. The van der Waals surface area contributed by atoms with Gasteiger partial charge in [-0.05, 0) is 141 Å². The summed E-state index contributed by atoms with van der Waals surface area (Å²) < 4.78 is 61.4. The fourth-order valence-electron chi connectivity index (χ4n) is 13.5. The Morgan fingerprint density at radius 3 is 0.706 bits per heavy atom. The van der Waals surface area contributed by atoms with Crippen molar-refractivity contribution in [2.45, 2.75) is 450 Å². The van der Waals surface area contributed by atoms with Crippen molar-refractivity contribution >= 4 is 33.6 Å². The summed E-state index contributed by atoms with van der Waals surface area (Å²) in [5.74, 6) is -1.58. The van der Waals surface area contributed by atoms with E-state index in [1.807, 2.05) is 0 Å². The molecule has 0 bridgehead atoms. The summed E-state index contributed by atoms with van der Waals surface area (Å²) >= 11 is 0. The van der Waals surface area contributed by atoms with Crippen LogP contribution in [0.15, 0.2) is 134 Å². The van der Waals surface area contributed by atoms with Gasteiger partial charge < -0.3 is 34.2 Å². The first-order valence-electron chi connectivity index (χ1n) is 48.5. The van der Waals surface area contributed by atoms with Gasteiger partial charge in [-0.2, -0.15) is 0 Å². The van der Waals surface area contributed by atoms with E-state index in [1.165, 1.54) is 244 Å². The summed E-state index contributed by atoms with van der Waals surface area (Å²) in [7, 11) is -9.81. The molecule has 0 heterocycles. The third-order valence-corrected chi connectivity index (χ3v) is 22.7. The van der Waals surface area contributed by atoms with E-state index in [-0.39, 0.29) is 19.3 Å². The lowest BCUT2D eigenvalue weighted by atomic mass is 10.0. The van der Waals surface area contributed by atoms with Crippen LogP contribution in [0.25, 0.3) is 0 Å². The number of hydrogen-bond donors (Lipinski definition) is 4. The zero-order chi connectivity index (χ0) is 86.5. The molecule has 5 atom stereocenters. The number of phosphoric ester groups is 2. The van der Waals surface area contributed by atoms with E-state index < -0.39 is 91.5 Å². The Hall–Kier alpha value is -4.31. The van der Waals surface area contributed by atoms with Crippen molar-refractivity contribution in [1.82, 2.24) is 0 Å². The molecule has 0 aliphatic rings. The van der Waals surface area contributed by atoms with Crippen LogP contribution in [0, 0.1) is 0 Å². The maximum atomic E-state index is 13.0. The number of unbranched alkanes of at least 4 members (excludes halogenated alkanes) is 47. The maximum absolute atomic E-state index is 13.0. The molecular weight excluding hydrogens is 1530 g/mol. The highest BCUT2D eigenvalue weighted by molar-refractivity contribution is 7.47. The minimum Gasteiger partial charge on any atom is -0.463 e. The SMILES string of the molecule is CC/C=C\C/C=C\C/C=C\CCCCCCCC(=O)OC(COC(=O)CCCCCCCCCCCCCCCCCCC/C=C\C/C=C\C/C=C\C/C=C\CCCCC)COP(=O)(O)OCC(O)COP(=O)(O)OCC(O)COC(=O)CCCCCCCCCCCCCCCCCCCCC/C=C\C/C=C\C/C=C\C/C=C\CCCCC. The highest BCUT2D eigenvalue weighted by Gasteiger charge is 2.30. The second kappa shape index (κ2) is 92.9. The molecule has 0 aromatic carbocycles. The lowest BCUT2D eigenvalue weighted by Crippen LogP contribution is -2.30. The molecule has 0 aromatic heterocycles. The summed E-state index contributed by atoms with van der Waals surface area (Å²) in [4.78, 5) is 59.0. The average Bonchev–Trinajstić information content (AvgIpc) is 0.907. The van der Waals surface area contributed by atoms with Crippen molar-refractivity contribution in [3.8, 4) is 0 Å². The summed E-state index contributed by atoms with van der Waals surface area (Å²) in [6, 6.07) is 0. The molecule has 0 saturated carbocycles. The normalized spacial score (nSPS) is 14.3. The zero-order valence-corrected chi connectivity index (χ0v) is 77.8. The highest BCUT2D eigenvalue weighted by Crippen LogP contribution is 2.45. The van der Waals surface area contributed by atoms with Crippen LogP contribution in [0.4, 0.5) is 0 Å². The van der Waals surface area contributed by atoms with Crippen molar-refractivity contribution in [3.63, 3.8) is 0 Å². The quantitative estimate of drug-likeness (QED) is 0.0146. The monoisotopic (exact) mass is 1710 g/mol. The topological polar surface area (TPSA) is 231 Å². The number of ether oxygens (including phenoxy) is 3. The van der Waals surface area contributed by atoms with Crippen molar-refractivity contribution in [2.75, 3.05) is 39.6 Å². The smallest absolute Gasteiger partial charge is 0.463 e. The number of hydrogen-bond acceptors (Lipinski definition) is 14. The Bertz CT molecular complexity index is 2690. The maximum Gasteiger partial charge on any atom is 0.472 e. The average molecular weight is 1710 g/mol. The molecule has 0 aromatic rings. The van der Waals surface area contributed by atoms with Crippen LogP contribution in [0.5, 0.6) is 0 Å². The third kappa shape index (κ3) is 94.2. The molecule has 0 amide bonds. The lowest BCUT2D eigenvalue weighted by molar-refractivity contribution is -0.161. The second-order valence-corrected chi connectivity index (χ2v) is 35.4. The Morgan fingerprint density at radius 1 is 0.244 bits per heavy atom. The van der Waals surface area contributed by atoms with E-state index in [9.17, 15) is 43.5 Å². The molecular formula is C101H178O16P2. The second-order valence-electron chi connectivity index (χ2n) is 32.5. The van der Waals surface area contributed by atoms with Crippen LogP contribution in [-0.4, -0.2) is 95.9 Å². The third-order valence-electron chi connectivity index (χ3n) is 20.8. The van der Waals surface area contributed by atoms with E-state index in [4.69, 9.17) is 32.3 Å². The molecule has 16 nitrogen and oxygen atoms in total. The lowest BCUT2D eigenvalue weighted by Gasteiger charge is -2.21. The van der Waals surface area contributed by atoms with Crippen LogP contribution < -0.4 is 0 Å². The Kier molecular flexibility index (Phi) is 89.5. The minimum atomic E-state index is -4.94. The van der Waals surface area contributed by atoms with Crippen LogP contribution in [0.1, 0.15) is 432 Å². The van der Waals surface area contributed by atoms with Gasteiger partial charge in [0.1, 0.15) is 25.4 Å². The highest BCUT2D eigenvalue weighted by atomic mass is 31.2. The molecule has 18 heteroatoms. The van der Waals surface area contributed by atoms with Crippen LogP contribution in [-0.2, 0) is 55.8 Å². The molecule has 119 heavy (non-hydrogen) atoms. The first-order chi connectivity index (χ1) is 58.2. The van der Waals surface area contributed by atoms with Gasteiger partial charge in [0.05, 0.1) is 26.4 Å². The number of allylic oxidation sites excluding steroid dienone is 22. The molecule has 0 aliphatic carbocycles. The van der Waals surface area contributed by atoms with Crippen molar-refractivity contribution < 1.29 is 75.8 Å². The number of rotatable bonds is 92. The van der Waals surface area contributed by atoms with Crippen molar-refractivity contribution in [2.24, 2.45) is 0 Å². The predicted octanol–water partition coefficient (Wildman–Crippen LogP) is 30.1. The van der Waals surface area contributed by atoms with Crippen molar-refractivity contribution in [3.05, 3.63) is 134 Å². The number of esters is 3. The number of carbonyl (C=O) groups is 3. The van der Waals surface area contributed by atoms with Gasteiger partial charge in [0.25, 0.3) is 0 Å². The first-order valence-corrected chi connectivity index (χ1v) is 51.5. The number of aliphatic hydroxyl groups excluding tert-OH is 2. The van der Waals surface area contributed by atoms with Gasteiger partial charge in [0, 0.05) is 19.3 Å². The summed E-state index contributed by atoms with van der Waals surface area (Å²) in [6.45, 7) is 2.56. The van der Waals surface area contributed by atoms with E-state index in [2.05, 4.69) is 154 Å². The van der Waals surface area contributed by atoms with E-state index in [0.717, 1.165) is 128 Å². The molecule has 0 saturated heterocycles. The summed E-state index contributed by atoms with van der Waals surface area (Å²) in [5, 5.41) is 20.7. The minimum absolute atomic E-state index is 0.0853. The molecule has 0 fully saturated rings. The van der Waals surface area contributed by atoms with Crippen molar-refractivity contribution in [1.29, 1.82) is 0 Å². The zero-order valence-electron chi connectivity index (χ0n) is 76.0.